The van der Waals surface area contributed by atoms with Crippen molar-refractivity contribution >= 4 is 55.2 Å². The van der Waals surface area contributed by atoms with Crippen LogP contribution < -0.4 is 4.90 Å². The lowest BCUT2D eigenvalue weighted by Gasteiger charge is -2.27. The van der Waals surface area contributed by atoms with E-state index >= 15 is 0 Å². The Morgan fingerprint density at radius 2 is 1.08 bits per heavy atom. The molecule has 9 aromatic carbocycles. The third-order valence-corrected chi connectivity index (χ3v) is 12.1. The summed E-state index contributed by atoms with van der Waals surface area (Å²) in [6, 6.07) is 79.6. The zero-order valence-corrected chi connectivity index (χ0v) is 33.2. The van der Waals surface area contributed by atoms with Gasteiger partial charge in [0, 0.05) is 39.4 Å². The summed E-state index contributed by atoms with van der Waals surface area (Å²) in [7, 11) is 0. The standard InChI is InChI=1S/C58H42N2/c1-3-15-41(16-4-1)44-19-11-20-45(37-44)43-31-34-51(35-32-43)59(53-36-33-42-17-7-8-18-47(42)39-53)52-26-13-22-48(40-52)46-21-12-23-49(38-46)54-28-14-30-57-58(54)55-27-9-10-29-56(55)60(57)50-24-5-2-6-25-50/h1-36,38-40,44H,37H2. The van der Waals surface area contributed by atoms with Crippen LogP contribution in [-0.4, -0.2) is 4.57 Å². The normalized spacial score (nSPS) is 13.8. The molecule has 0 spiro atoms. The van der Waals surface area contributed by atoms with Gasteiger partial charge in [0.05, 0.1) is 11.0 Å². The summed E-state index contributed by atoms with van der Waals surface area (Å²) in [6.45, 7) is 0. The zero-order valence-electron chi connectivity index (χ0n) is 33.2. The lowest BCUT2D eigenvalue weighted by molar-refractivity contribution is 0.867. The number of para-hydroxylation sites is 2. The predicted octanol–water partition coefficient (Wildman–Crippen LogP) is 15.9. The number of fused-ring (bicyclic) bond motifs is 4. The van der Waals surface area contributed by atoms with Gasteiger partial charge in [-0.15, -0.1) is 0 Å². The van der Waals surface area contributed by atoms with Crippen molar-refractivity contribution in [1.29, 1.82) is 0 Å². The Balaban J connectivity index is 0.982. The van der Waals surface area contributed by atoms with E-state index < -0.39 is 0 Å². The molecule has 1 atom stereocenters. The molecule has 2 nitrogen and oxygen atoms in total. The minimum absolute atomic E-state index is 0.379. The zero-order chi connectivity index (χ0) is 39.8. The molecule has 0 amide bonds. The lowest BCUT2D eigenvalue weighted by Crippen LogP contribution is -2.10. The molecular weight excluding hydrogens is 725 g/mol. The van der Waals surface area contributed by atoms with Crippen LogP contribution in [0.15, 0.2) is 237 Å². The van der Waals surface area contributed by atoms with E-state index in [9.17, 15) is 0 Å². The summed E-state index contributed by atoms with van der Waals surface area (Å²) < 4.78 is 2.39. The van der Waals surface area contributed by atoms with Gasteiger partial charge in [-0.3, -0.25) is 0 Å². The number of rotatable bonds is 8. The van der Waals surface area contributed by atoms with Crippen molar-refractivity contribution in [2.45, 2.75) is 12.3 Å². The van der Waals surface area contributed by atoms with E-state index in [0.717, 1.165) is 29.2 Å². The van der Waals surface area contributed by atoms with E-state index in [2.05, 4.69) is 246 Å². The first-order valence-electron chi connectivity index (χ1n) is 20.9. The number of benzene rings is 9. The van der Waals surface area contributed by atoms with Gasteiger partial charge < -0.3 is 9.47 Å². The van der Waals surface area contributed by atoms with E-state index in [1.54, 1.807) is 0 Å². The molecule has 0 radical (unpaired) electrons. The maximum absolute atomic E-state index is 2.39. The minimum Gasteiger partial charge on any atom is -0.310 e. The number of nitrogens with zero attached hydrogens (tertiary/aromatic N) is 2. The van der Waals surface area contributed by atoms with E-state index in [4.69, 9.17) is 0 Å². The molecule has 1 aliphatic carbocycles. The SMILES string of the molecule is C1=CC(c2ccccc2)CC(c2ccc(N(c3cccc(-c4cccc(-c5cccc6c5c5ccccc5n6-c5ccccc5)c4)c3)c3ccc4ccccc4c3)cc2)=C1. The molecule has 2 heteroatoms. The second-order valence-electron chi connectivity index (χ2n) is 15.7. The average Bonchev–Trinajstić information content (AvgIpc) is 3.67. The molecule has 0 saturated heterocycles. The molecule has 1 heterocycles. The van der Waals surface area contributed by atoms with Crippen LogP contribution >= 0.6 is 0 Å². The van der Waals surface area contributed by atoms with Crippen LogP contribution in [0.3, 0.4) is 0 Å². The topological polar surface area (TPSA) is 8.17 Å². The number of hydrogen-bond acceptors (Lipinski definition) is 1. The molecule has 1 unspecified atom stereocenters. The summed E-state index contributed by atoms with van der Waals surface area (Å²) in [4.78, 5) is 2.39. The van der Waals surface area contributed by atoms with Crippen molar-refractivity contribution < 1.29 is 0 Å². The summed E-state index contributed by atoms with van der Waals surface area (Å²) in [5.41, 5.74) is 15.7. The highest BCUT2D eigenvalue weighted by Crippen LogP contribution is 2.42. The van der Waals surface area contributed by atoms with Gasteiger partial charge in [0.15, 0.2) is 0 Å². The van der Waals surface area contributed by atoms with Gasteiger partial charge in [-0.1, -0.05) is 170 Å². The predicted molar refractivity (Wildman–Crippen MR) is 255 cm³/mol. The van der Waals surface area contributed by atoms with Crippen LogP contribution in [-0.2, 0) is 0 Å². The first kappa shape index (κ1) is 35.5. The quantitative estimate of drug-likeness (QED) is 0.150. The van der Waals surface area contributed by atoms with Crippen LogP contribution in [0.4, 0.5) is 17.1 Å². The maximum atomic E-state index is 2.39. The Morgan fingerprint density at radius 3 is 1.93 bits per heavy atom. The molecule has 1 aromatic heterocycles. The molecule has 1 aliphatic rings. The van der Waals surface area contributed by atoms with Crippen molar-refractivity contribution in [3.8, 4) is 27.9 Å². The van der Waals surface area contributed by atoms with Crippen molar-refractivity contribution in [2.75, 3.05) is 4.90 Å². The van der Waals surface area contributed by atoms with Gasteiger partial charge in [0.25, 0.3) is 0 Å². The molecule has 0 N–H and O–H groups in total. The number of aromatic nitrogens is 1. The molecule has 0 fully saturated rings. The summed E-state index contributed by atoms with van der Waals surface area (Å²) in [5.74, 6) is 0.379. The maximum Gasteiger partial charge on any atom is 0.0547 e. The van der Waals surface area contributed by atoms with Gasteiger partial charge in [-0.25, -0.2) is 0 Å². The molecule has 284 valence electrons. The summed E-state index contributed by atoms with van der Waals surface area (Å²) in [6.07, 6.45) is 7.80. The largest absolute Gasteiger partial charge is 0.310 e. The third-order valence-electron chi connectivity index (χ3n) is 12.1. The van der Waals surface area contributed by atoms with Gasteiger partial charge >= 0.3 is 0 Å². The third kappa shape index (κ3) is 6.49. The summed E-state index contributed by atoms with van der Waals surface area (Å²) >= 11 is 0. The van der Waals surface area contributed by atoms with E-state index in [0.29, 0.717) is 5.92 Å². The van der Waals surface area contributed by atoms with Crippen LogP contribution in [0.2, 0.25) is 0 Å². The van der Waals surface area contributed by atoms with Crippen molar-refractivity contribution in [1.82, 2.24) is 4.57 Å². The average molecular weight is 767 g/mol. The highest BCUT2D eigenvalue weighted by atomic mass is 15.1. The van der Waals surface area contributed by atoms with Gasteiger partial charge in [-0.05, 0) is 123 Å². The Kier molecular flexibility index (Phi) is 9.02. The smallest absolute Gasteiger partial charge is 0.0547 e. The molecule has 10 aromatic rings. The second kappa shape index (κ2) is 15.2. The molecule has 0 aliphatic heterocycles. The van der Waals surface area contributed by atoms with Gasteiger partial charge in [0.2, 0.25) is 0 Å². The van der Waals surface area contributed by atoms with Crippen molar-refractivity contribution in [3.05, 3.63) is 248 Å². The highest BCUT2D eigenvalue weighted by molar-refractivity contribution is 6.16. The Bertz CT molecular complexity index is 3220. The number of anilines is 3. The van der Waals surface area contributed by atoms with Gasteiger partial charge in [0.1, 0.15) is 0 Å². The molecule has 60 heavy (non-hydrogen) atoms. The molecule has 0 bridgehead atoms. The minimum atomic E-state index is 0.379. The number of allylic oxidation sites excluding steroid dienone is 4. The van der Waals surface area contributed by atoms with Crippen molar-refractivity contribution in [3.63, 3.8) is 0 Å². The summed E-state index contributed by atoms with van der Waals surface area (Å²) in [5, 5.41) is 4.97. The first-order valence-corrected chi connectivity index (χ1v) is 20.9. The van der Waals surface area contributed by atoms with Crippen LogP contribution in [0.25, 0.3) is 66.1 Å². The fourth-order valence-electron chi connectivity index (χ4n) is 9.22. The van der Waals surface area contributed by atoms with E-state index in [-0.39, 0.29) is 0 Å². The fraction of sp³-hybridized carbons (Fsp3) is 0.0345. The van der Waals surface area contributed by atoms with Crippen LogP contribution in [0, 0.1) is 0 Å². The van der Waals surface area contributed by atoms with E-state index in [1.165, 1.54) is 71.5 Å². The van der Waals surface area contributed by atoms with Crippen LogP contribution in [0.1, 0.15) is 23.5 Å². The van der Waals surface area contributed by atoms with Crippen LogP contribution in [0.5, 0.6) is 0 Å². The highest BCUT2D eigenvalue weighted by Gasteiger charge is 2.19. The van der Waals surface area contributed by atoms with E-state index in [1.807, 2.05) is 0 Å². The second-order valence-corrected chi connectivity index (χ2v) is 15.7. The fourth-order valence-corrected chi connectivity index (χ4v) is 9.22. The monoisotopic (exact) mass is 766 g/mol. The first-order chi connectivity index (χ1) is 29.7. The molecule has 0 saturated carbocycles. The Morgan fingerprint density at radius 1 is 0.433 bits per heavy atom. The lowest BCUT2D eigenvalue weighted by atomic mass is 9.85. The Labute approximate surface area is 351 Å². The van der Waals surface area contributed by atoms with Crippen molar-refractivity contribution in [2.24, 2.45) is 0 Å². The molecule has 11 rings (SSSR count). The van der Waals surface area contributed by atoms with Gasteiger partial charge in [-0.2, -0.15) is 0 Å². The Hall–Kier alpha value is -7.68. The molecular formula is C58H42N2. The number of hydrogen-bond donors (Lipinski definition) is 0.